The molecular weight excluding hydrogens is 126 g/mol. The van der Waals surface area contributed by atoms with Crippen molar-refractivity contribution in [1.29, 1.82) is 0 Å². The first kappa shape index (κ1) is 6.35. The summed E-state index contributed by atoms with van der Waals surface area (Å²) in [6.07, 6.45) is 3.37. The molecule has 3 heterocycles. The topological polar surface area (TPSA) is 20.3 Å². The largest absolute Gasteiger partial charge is 0.298 e. The molecule has 0 unspecified atom stereocenters. The molecule has 2 nitrogen and oxygen atoms in total. The van der Waals surface area contributed by atoms with Gasteiger partial charge in [-0.25, -0.2) is 0 Å². The van der Waals surface area contributed by atoms with E-state index in [9.17, 15) is 4.79 Å². The minimum atomic E-state index is 0.458. The third kappa shape index (κ3) is 1.08. The maximum Gasteiger partial charge on any atom is 0.147 e. The van der Waals surface area contributed by atoms with Crippen LogP contribution < -0.4 is 0 Å². The van der Waals surface area contributed by atoms with Crippen LogP contribution in [0.2, 0.25) is 0 Å². The highest BCUT2D eigenvalue weighted by atomic mass is 16.1. The molecule has 0 spiro atoms. The van der Waals surface area contributed by atoms with E-state index in [0.717, 1.165) is 32.0 Å². The molecule has 56 valence electrons. The van der Waals surface area contributed by atoms with Gasteiger partial charge < -0.3 is 0 Å². The number of hydrogen-bond donors (Lipinski definition) is 0. The van der Waals surface area contributed by atoms with Gasteiger partial charge in [0.25, 0.3) is 0 Å². The van der Waals surface area contributed by atoms with Gasteiger partial charge in [0, 0.05) is 6.42 Å². The summed E-state index contributed by atoms with van der Waals surface area (Å²) in [5, 5.41) is 0. The van der Waals surface area contributed by atoms with Crippen molar-refractivity contribution < 1.29 is 4.79 Å². The predicted molar refractivity (Wildman–Crippen MR) is 38.8 cm³/mol. The molecule has 3 rings (SSSR count). The summed E-state index contributed by atoms with van der Waals surface area (Å²) < 4.78 is 0. The second-order valence-corrected chi connectivity index (χ2v) is 3.46. The third-order valence-corrected chi connectivity index (χ3v) is 2.62. The quantitative estimate of drug-likeness (QED) is 0.491. The summed E-state index contributed by atoms with van der Waals surface area (Å²) in [6.45, 7) is 3.06. The zero-order valence-corrected chi connectivity index (χ0v) is 6.18. The van der Waals surface area contributed by atoms with Crippen LogP contribution in [0.4, 0.5) is 0 Å². The van der Waals surface area contributed by atoms with Crippen LogP contribution in [0.3, 0.4) is 0 Å². The second-order valence-electron chi connectivity index (χ2n) is 3.46. The Morgan fingerprint density at radius 3 is 2.70 bits per heavy atom. The van der Waals surface area contributed by atoms with Crippen LogP contribution in [0.5, 0.6) is 0 Å². The number of piperidine rings is 1. The van der Waals surface area contributed by atoms with Gasteiger partial charge in [-0.05, 0) is 31.8 Å². The summed E-state index contributed by atoms with van der Waals surface area (Å²) in [6, 6.07) is 0. The number of ketones is 1. The smallest absolute Gasteiger partial charge is 0.147 e. The van der Waals surface area contributed by atoms with E-state index in [2.05, 4.69) is 4.90 Å². The van der Waals surface area contributed by atoms with Crippen LogP contribution in [0, 0.1) is 5.92 Å². The van der Waals surface area contributed by atoms with Crippen molar-refractivity contribution in [2.45, 2.75) is 19.3 Å². The van der Waals surface area contributed by atoms with Gasteiger partial charge in [0.05, 0.1) is 6.54 Å². The van der Waals surface area contributed by atoms with Gasteiger partial charge in [-0.15, -0.1) is 0 Å². The highest BCUT2D eigenvalue weighted by molar-refractivity contribution is 5.81. The van der Waals surface area contributed by atoms with E-state index in [1.54, 1.807) is 0 Å². The summed E-state index contributed by atoms with van der Waals surface area (Å²) in [5.41, 5.74) is 0. The lowest BCUT2D eigenvalue weighted by molar-refractivity contribution is -0.119. The van der Waals surface area contributed by atoms with E-state index in [4.69, 9.17) is 0 Å². The van der Waals surface area contributed by atoms with Crippen LogP contribution in [-0.4, -0.2) is 30.3 Å². The van der Waals surface area contributed by atoms with E-state index in [1.807, 2.05) is 0 Å². The molecule has 3 fully saturated rings. The van der Waals surface area contributed by atoms with E-state index >= 15 is 0 Å². The van der Waals surface area contributed by atoms with Gasteiger partial charge in [0.15, 0.2) is 0 Å². The molecular formula is C8H13NO. The van der Waals surface area contributed by atoms with Crippen LogP contribution in [0.15, 0.2) is 0 Å². The Labute approximate surface area is 61.2 Å². The molecule has 0 atom stereocenters. The van der Waals surface area contributed by atoms with Gasteiger partial charge in [-0.1, -0.05) is 0 Å². The molecule has 2 bridgehead atoms. The minimum Gasteiger partial charge on any atom is -0.298 e. The maximum absolute atomic E-state index is 11.1. The SMILES string of the molecule is O=C1CC2CCN(CC2)C1. The molecule has 0 aromatic heterocycles. The lowest BCUT2D eigenvalue weighted by atomic mass is 9.95. The van der Waals surface area contributed by atoms with Crippen molar-refractivity contribution in [1.82, 2.24) is 4.90 Å². The van der Waals surface area contributed by atoms with Gasteiger partial charge in [-0.3, -0.25) is 9.69 Å². The van der Waals surface area contributed by atoms with Crippen molar-refractivity contribution in [3.8, 4) is 0 Å². The monoisotopic (exact) mass is 139 g/mol. The van der Waals surface area contributed by atoms with Crippen LogP contribution in [0.1, 0.15) is 19.3 Å². The van der Waals surface area contributed by atoms with Crippen molar-refractivity contribution in [2.75, 3.05) is 19.6 Å². The molecule has 2 heteroatoms. The third-order valence-electron chi connectivity index (χ3n) is 2.62. The average Bonchev–Trinajstić information content (AvgIpc) is 2.17. The molecule has 0 amide bonds. The first-order valence-corrected chi connectivity index (χ1v) is 4.08. The first-order valence-electron chi connectivity index (χ1n) is 4.08. The van der Waals surface area contributed by atoms with Crippen LogP contribution in [0.25, 0.3) is 0 Å². The van der Waals surface area contributed by atoms with E-state index < -0.39 is 0 Å². The average molecular weight is 139 g/mol. The van der Waals surface area contributed by atoms with Crippen LogP contribution >= 0.6 is 0 Å². The number of nitrogens with zero attached hydrogens (tertiary/aromatic N) is 1. The van der Waals surface area contributed by atoms with E-state index in [0.29, 0.717) is 5.78 Å². The lowest BCUT2D eigenvalue weighted by Crippen LogP contribution is -2.31. The fourth-order valence-electron chi connectivity index (χ4n) is 1.98. The van der Waals surface area contributed by atoms with Crippen molar-refractivity contribution in [3.63, 3.8) is 0 Å². The van der Waals surface area contributed by atoms with Crippen molar-refractivity contribution in [2.24, 2.45) is 5.92 Å². The highest BCUT2D eigenvalue weighted by Crippen LogP contribution is 2.24. The maximum atomic E-state index is 11.1. The molecule has 0 N–H and O–H groups in total. The fourth-order valence-corrected chi connectivity index (χ4v) is 1.98. The zero-order chi connectivity index (χ0) is 6.97. The molecule has 0 radical (unpaired) electrons. The predicted octanol–water partition coefficient (Wildman–Crippen LogP) is 0.671. The van der Waals surface area contributed by atoms with Gasteiger partial charge >= 0.3 is 0 Å². The molecule has 0 saturated carbocycles. The Kier molecular flexibility index (Phi) is 1.49. The fraction of sp³-hybridized carbons (Fsp3) is 0.875. The van der Waals surface area contributed by atoms with E-state index in [1.165, 1.54) is 12.8 Å². The molecule has 3 saturated heterocycles. The Morgan fingerprint density at radius 1 is 1.30 bits per heavy atom. The Morgan fingerprint density at radius 2 is 2.00 bits per heavy atom. The van der Waals surface area contributed by atoms with Crippen molar-refractivity contribution >= 4 is 5.78 Å². The lowest BCUT2D eigenvalue weighted by Gasteiger charge is -2.25. The number of rotatable bonds is 0. The molecule has 3 aliphatic rings. The summed E-state index contributed by atoms with van der Waals surface area (Å²) in [4.78, 5) is 13.4. The normalized spacial score (nSPS) is 39.8. The standard InChI is InChI=1S/C8H13NO/c10-8-5-7-1-3-9(6-8)4-2-7/h7H,1-6H2. The summed E-state index contributed by atoms with van der Waals surface area (Å²) >= 11 is 0. The summed E-state index contributed by atoms with van der Waals surface area (Å²) in [7, 11) is 0. The Balaban J connectivity index is 2.12. The van der Waals surface area contributed by atoms with Gasteiger partial charge in [0.2, 0.25) is 0 Å². The molecule has 10 heavy (non-hydrogen) atoms. The molecule has 0 aromatic rings. The molecule has 3 aliphatic heterocycles. The number of hydrogen-bond acceptors (Lipinski definition) is 2. The highest BCUT2D eigenvalue weighted by Gasteiger charge is 2.26. The van der Waals surface area contributed by atoms with E-state index in [-0.39, 0.29) is 0 Å². The van der Waals surface area contributed by atoms with Crippen LogP contribution in [-0.2, 0) is 4.79 Å². The van der Waals surface area contributed by atoms with Gasteiger partial charge in [-0.2, -0.15) is 0 Å². The zero-order valence-electron chi connectivity index (χ0n) is 6.18. The first-order chi connectivity index (χ1) is 4.84. The minimum absolute atomic E-state index is 0.458. The Hall–Kier alpha value is -0.370. The number of carbonyl (C=O) groups excluding carboxylic acids is 1. The number of fused-ring (bicyclic) bond motifs is 4. The molecule has 0 aliphatic carbocycles. The number of carbonyl (C=O) groups is 1. The van der Waals surface area contributed by atoms with Crippen molar-refractivity contribution in [3.05, 3.63) is 0 Å². The summed E-state index contributed by atoms with van der Waals surface area (Å²) in [5.74, 6) is 1.19. The van der Waals surface area contributed by atoms with Gasteiger partial charge in [0.1, 0.15) is 5.78 Å². The second kappa shape index (κ2) is 2.35. The molecule has 0 aromatic carbocycles. The Bertz CT molecular complexity index is 131. The number of Topliss-reactive ketones (excluding diaryl/α,β-unsaturated/α-hetero) is 1.